The summed E-state index contributed by atoms with van der Waals surface area (Å²) in [5.74, 6) is -0.298. The van der Waals surface area contributed by atoms with E-state index < -0.39 is 7.82 Å². The zero-order chi connectivity index (χ0) is 23.0. The van der Waals surface area contributed by atoms with Crippen molar-refractivity contribution in [1.82, 2.24) is 10.6 Å². The van der Waals surface area contributed by atoms with Crippen molar-refractivity contribution in [2.24, 2.45) is 0 Å². The molecule has 0 saturated carbocycles. The van der Waals surface area contributed by atoms with Gasteiger partial charge in [0.25, 0.3) is 0 Å². The molecule has 0 aliphatic rings. The van der Waals surface area contributed by atoms with E-state index in [1.165, 1.54) is 38.2 Å². The summed E-state index contributed by atoms with van der Waals surface area (Å²) in [7, 11) is -3.40. The maximum atomic E-state index is 12.1. The summed E-state index contributed by atoms with van der Waals surface area (Å²) in [4.78, 5) is 11.6. The highest BCUT2D eigenvalue weighted by molar-refractivity contribution is 7.48. The van der Waals surface area contributed by atoms with Crippen LogP contribution in [0.2, 0.25) is 0 Å². The Kier molecular flexibility index (Phi) is 21.6. The molecular weight excluding hydrogens is 419 g/mol. The lowest BCUT2D eigenvalue weighted by atomic mass is 10.1. The molecule has 0 bridgehead atoms. The SMILES string of the molecule is CCCCCCCCCOC(=O)/C=C/NCCCNCCCOP(=O)(OCC)OCC. The van der Waals surface area contributed by atoms with Crippen LogP contribution in [0.1, 0.15) is 78.6 Å². The Morgan fingerprint density at radius 1 is 0.774 bits per heavy atom. The first kappa shape index (κ1) is 30.1. The maximum absolute atomic E-state index is 12.1. The van der Waals surface area contributed by atoms with Gasteiger partial charge in [0, 0.05) is 18.8 Å². The number of nitrogens with one attached hydrogen (secondary N) is 2. The van der Waals surface area contributed by atoms with Gasteiger partial charge in [0.05, 0.1) is 26.4 Å². The molecule has 0 heterocycles. The number of hydrogen-bond donors (Lipinski definition) is 2. The minimum Gasteiger partial charge on any atom is -0.462 e. The standard InChI is InChI=1S/C22H45N2O6P/c1-4-7-8-9-10-11-12-20-27-22(25)15-19-24-17-13-16-23-18-14-21-30-31(26,28-5-2)29-6-3/h15,19,23-24H,4-14,16-18,20-21H2,1-3H3/b19-15+. The van der Waals surface area contributed by atoms with E-state index in [-0.39, 0.29) is 19.2 Å². The van der Waals surface area contributed by atoms with Gasteiger partial charge in [0.2, 0.25) is 0 Å². The molecule has 8 nitrogen and oxygen atoms in total. The predicted molar refractivity (Wildman–Crippen MR) is 125 cm³/mol. The fourth-order valence-electron chi connectivity index (χ4n) is 2.73. The molecule has 0 unspecified atom stereocenters. The van der Waals surface area contributed by atoms with Crippen molar-refractivity contribution in [2.75, 3.05) is 46.1 Å². The van der Waals surface area contributed by atoms with Crippen LogP contribution in [-0.2, 0) is 27.7 Å². The fourth-order valence-corrected chi connectivity index (χ4v) is 3.94. The lowest BCUT2D eigenvalue weighted by Crippen LogP contribution is -2.21. The Morgan fingerprint density at radius 2 is 1.42 bits per heavy atom. The molecule has 0 radical (unpaired) electrons. The third kappa shape index (κ3) is 20.7. The van der Waals surface area contributed by atoms with Gasteiger partial charge in [-0.05, 0) is 46.2 Å². The smallest absolute Gasteiger partial charge is 0.462 e. The first-order valence-electron chi connectivity index (χ1n) is 11.9. The van der Waals surface area contributed by atoms with Crippen LogP contribution in [0.15, 0.2) is 12.3 Å². The Bertz CT molecular complexity index is 481. The van der Waals surface area contributed by atoms with Crippen molar-refractivity contribution in [1.29, 1.82) is 0 Å². The number of phosphoric ester groups is 1. The van der Waals surface area contributed by atoms with Gasteiger partial charge in [0.1, 0.15) is 0 Å². The van der Waals surface area contributed by atoms with Gasteiger partial charge in [0.15, 0.2) is 0 Å². The second kappa shape index (κ2) is 22.3. The molecule has 0 spiro atoms. The third-order valence-electron chi connectivity index (χ3n) is 4.33. The van der Waals surface area contributed by atoms with E-state index in [9.17, 15) is 9.36 Å². The number of ether oxygens (including phenoxy) is 1. The van der Waals surface area contributed by atoms with Crippen LogP contribution in [0.4, 0.5) is 0 Å². The number of hydrogen-bond acceptors (Lipinski definition) is 8. The molecule has 0 amide bonds. The molecule has 0 aromatic carbocycles. The summed E-state index contributed by atoms with van der Waals surface area (Å²) in [6.07, 6.45) is 13.1. The van der Waals surface area contributed by atoms with E-state index >= 15 is 0 Å². The average molecular weight is 465 g/mol. The van der Waals surface area contributed by atoms with E-state index in [4.69, 9.17) is 18.3 Å². The largest absolute Gasteiger partial charge is 0.474 e. The number of esters is 1. The molecule has 0 aromatic rings. The van der Waals surface area contributed by atoms with Crippen LogP contribution in [0.25, 0.3) is 0 Å². The summed E-state index contributed by atoms with van der Waals surface area (Å²) in [6.45, 7) is 9.43. The Balaban J connectivity index is 3.46. The highest BCUT2D eigenvalue weighted by Crippen LogP contribution is 2.49. The number of unbranched alkanes of at least 4 members (excludes halogenated alkanes) is 6. The van der Waals surface area contributed by atoms with E-state index in [2.05, 4.69) is 17.6 Å². The van der Waals surface area contributed by atoms with Gasteiger partial charge in [-0.3, -0.25) is 13.6 Å². The summed E-state index contributed by atoms with van der Waals surface area (Å²) in [5.41, 5.74) is 0. The first-order valence-corrected chi connectivity index (χ1v) is 13.3. The van der Waals surface area contributed by atoms with Gasteiger partial charge in [-0.2, -0.15) is 0 Å². The topological polar surface area (TPSA) is 95.1 Å². The van der Waals surface area contributed by atoms with Crippen molar-refractivity contribution < 1.29 is 27.7 Å². The highest BCUT2D eigenvalue weighted by Gasteiger charge is 2.24. The molecular formula is C22H45N2O6P. The second-order valence-corrected chi connectivity index (χ2v) is 8.82. The lowest BCUT2D eigenvalue weighted by molar-refractivity contribution is -0.137. The predicted octanol–water partition coefficient (Wildman–Crippen LogP) is 4.95. The minimum atomic E-state index is -3.40. The summed E-state index contributed by atoms with van der Waals surface area (Å²) >= 11 is 0. The fraction of sp³-hybridized carbons (Fsp3) is 0.864. The van der Waals surface area contributed by atoms with Crippen molar-refractivity contribution in [3.63, 3.8) is 0 Å². The zero-order valence-corrected chi connectivity index (χ0v) is 20.8. The minimum absolute atomic E-state index is 0.286. The Hall–Kier alpha value is -0.920. The molecule has 0 rings (SSSR count). The maximum Gasteiger partial charge on any atom is 0.474 e. The van der Waals surface area contributed by atoms with Crippen molar-refractivity contribution in [3.8, 4) is 0 Å². The summed E-state index contributed by atoms with van der Waals surface area (Å²) < 4.78 is 32.7. The third-order valence-corrected chi connectivity index (χ3v) is 5.97. The van der Waals surface area contributed by atoms with Gasteiger partial charge < -0.3 is 15.4 Å². The van der Waals surface area contributed by atoms with E-state index in [1.54, 1.807) is 20.0 Å². The Morgan fingerprint density at radius 3 is 2.10 bits per heavy atom. The van der Waals surface area contributed by atoms with Crippen LogP contribution < -0.4 is 10.6 Å². The van der Waals surface area contributed by atoms with Crippen LogP contribution in [0.5, 0.6) is 0 Å². The average Bonchev–Trinajstić information content (AvgIpc) is 2.74. The van der Waals surface area contributed by atoms with Crippen molar-refractivity contribution in [2.45, 2.75) is 78.6 Å². The highest BCUT2D eigenvalue weighted by atomic mass is 31.2. The molecule has 0 saturated heterocycles. The van der Waals surface area contributed by atoms with Gasteiger partial charge in [-0.25, -0.2) is 9.36 Å². The quantitative estimate of drug-likeness (QED) is 0.0949. The van der Waals surface area contributed by atoms with Crippen LogP contribution >= 0.6 is 7.82 Å². The summed E-state index contributed by atoms with van der Waals surface area (Å²) in [5, 5.41) is 6.36. The molecule has 184 valence electrons. The van der Waals surface area contributed by atoms with Crippen LogP contribution in [0, 0.1) is 0 Å². The van der Waals surface area contributed by atoms with Gasteiger partial charge in [-0.15, -0.1) is 0 Å². The molecule has 0 aromatic heterocycles. The molecule has 2 N–H and O–H groups in total. The molecule has 0 atom stereocenters. The number of carbonyl (C=O) groups excluding carboxylic acids is 1. The van der Waals surface area contributed by atoms with E-state index in [1.807, 2.05) is 0 Å². The molecule has 0 aliphatic heterocycles. The lowest BCUT2D eigenvalue weighted by Gasteiger charge is -2.16. The monoisotopic (exact) mass is 464 g/mol. The van der Waals surface area contributed by atoms with Crippen LogP contribution in [0.3, 0.4) is 0 Å². The van der Waals surface area contributed by atoms with Crippen molar-refractivity contribution >= 4 is 13.8 Å². The van der Waals surface area contributed by atoms with Gasteiger partial charge >= 0.3 is 13.8 Å². The Labute approximate surface area is 189 Å². The zero-order valence-electron chi connectivity index (χ0n) is 19.9. The molecule has 9 heteroatoms. The molecule has 0 fully saturated rings. The van der Waals surface area contributed by atoms with E-state index in [0.29, 0.717) is 19.6 Å². The van der Waals surface area contributed by atoms with E-state index in [0.717, 1.165) is 38.9 Å². The normalized spacial score (nSPS) is 11.8. The molecule has 31 heavy (non-hydrogen) atoms. The second-order valence-electron chi connectivity index (χ2n) is 7.15. The number of phosphoric acid groups is 1. The number of carbonyl (C=O) groups is 1. The summed E-state index contributed by atoms with van der Waals surface area (Å²) in [6, 6.07) is 0. The number of rotatable bonds is 23. The first-order chi connectivity index (χ1) is 15.1. The van der Waals surface area contributed by atoms with Crippen LogP contribution in [-0.4, -0.2) is 52.0 Å². The molecule has 0 aliphatic carbocycles. The van der Waals surface area contributed by atoms with Gasteiger partial charge in [-0.1, -0.05) is 45.4 Å². The van der Waals surface area contributed by atoms with Crippen molar-refractivity contribution in [3.05, 3.63) is 12.3 Å².